The molecule has 0 saturated carbocycles. The van der Waals surface area contributed by atoms with Crippen molar-refractivity contribution < 1.29 is 4.79 Å². The van der Waals surface area contributed by atoms with Crippen LogP contribution < -0.4 is 5.73 Å². The van der Waals surface area contributed by atoms with Gasteiger partial charge in [-0.2, -0.15) is 0 Å². The van der Waals surface area contributed by atoms with E-state index >= 15 is 0 Å². The van der Waals surface area contributed by atoms with Crippen molar-refractivity contribution in [3.05, 3.63) is 63.6 Å². The van der Waals surface area contributed by atoms with Crippen LogP contribution in [0.15, 0.2) is 46.9 Å². The maximum Gasteiger partial charge on any atom is 0.254 e. The van der Waals surface area contributed by atoms with Gasteiger partial charge in [0.05, 0.1) is 0 Å². The Balaban J connectivity index is 1.84. The number of fused-ring (bicyclic) bond motifs is 1. The van der Waals surface area contributed by atoms with Gasteiger partial charge in [0.1, 0.15) is 0 Å². The van der Waals surface area contributed by atoms with Gasteiger partial charge in [-0.05, 0) is 41.8 Å². The Morgan fingerprint density at radius 2 is 2.00 bits per heavy atom. The molecule has 0 aromatic heterocycles. The van der Waals surface area contributed by atoms with E-state index in [1.165, 1.54) is 0 Å². The monoisotopic (exact) mass is 330 g/mol. The van der Waals surface area contributed by atoms with E-state index in [4.69, 9.17) is 5.73 Å². The third kappa shape index (κ3) is 2.56. The van der Waals surface area contributed by atoms with Gasteiger partial charge in [-0.15, -0.1) is 0 Å². The van der Waals surface area contributed by atoms with Gasteiger partial charge in [0.15, 0.2) is 0 Å². The van der Waals surface area contributed by atoms with E-state index in [0.29, 0.717) is 12.2 Å². The fourth-order valence-electron chi connectivity index (χ4n) is 2.61. The minimum atomic E-state index is 0.102. The van der Waals surface area contributed by atoms with Crippen LogP contribution >= 0.6 is 15.9 Å². The second kappa shape index (κ2) is 5.29. The number of hydrogen-bond donors (Lipinski definition) is 1. The zero-order valence-electron chi connectivity index (χ0n) is 11.0. The van der Waals surface area contributed by atoms with E-state index < -0.39 is 0 Å². The van der Waals surface area contributed by atoms with Crippen molar-refractivity contribution in [3.63, 3.8) is 0 Å². The Morgan fingerprint density at radius 3 is 2.80 bits per heavy atom. The molecule has 102 valence electrons. The van der Waals surface area contributed by atoms with Gasteiger partial charge < -0.3 is 10.6 Å². The van der Waals surface area contributed by atoms with Gasteiger partial charge in [0.2, 0.25) is 0 Å². The first-order valence-corrected chi connectivity index (χ1v) is 7.35. The molecule has 0 bridgehead atoms. The third-order valence-electron chi connectivity index (χ3n) is 3.54. The summed E-state index contributed by atoms with van der Waals surface area (Å²) in [5.74, 6) is 0.102. The Morgan fingerprint density at radius 1 is 1.20 bits per heavy atom. The molecule has 0 unspecified atom stereocenters. The fourth-order valence-corrected chi connectivity index (χ4v) is 3.17. The van der Waals surface area contributed by atoms with Crippen molar-refractivity contribution in [1.29, 1.82) is 0 Å². The summed E-state index contributed by atoms with van der Waals surface area (Å²) < 4.78 is 0.942. The van der Waals surface area contributed by atoms with E-state index in [0.717, 1.165) is 34.1 Å². The molecule has 1 amide bonds. The van der Waals surface area contributed by atoms with Crippen LogP contribution in [0, 0.1) is 0 Å². The van der Waals surface area contributed by atoms with Crippen LogP contribution in [-0.4, -0.2) is 17.4 Å². The standard InChI is InChI=1S/C16H15BrN2O/c17-13-7-11(8-14(18)9-13)10-19-6-5-12-3-1-2-4-15(12)16(19)20/h1-4,7-9H,5-6,10,18H2. The number of nitrogens with two attached hydrogens (primary N) is 1. The molecule has 1 heterocycles. The summed E-state index contributed by atoms with van der Waals surface area (Å²) in [7, 11) is 0. The second-order valence-electron chi connectivity index (χ2n) is 5.03. The summed E-state index contributed by atoms with van der Waals surface area (Å²) in [6.07, 6.45) is 0.908. The van der Waals surface area contributed by atoms with E-state index in [1.807, 2.05) is 47.4 Å². The van der Waals surface area contributed by atoms with Crippen molar-refractivity contribution in [2.45, 2.75) is 13.0 Å². The minimum Gasteiger partial charge on any atom is -0.399 e. The molecule has 0 atom stereocenters. The first-order chi connectivity index (χ1) is 9.63. The predicted octanol–water partition coefficient (Wildman–Crippen LogP) is 3.23. The molecular formula is C16H15BrN2O. The van der Waals surface area contributed by atoms with Crippen LogP contribution in [-0.2, 0) is 13.0 Å². The van der Waals surface area contributed by atoms with Gasteiger partial charge in [-0.3, -0.25) is 4.79 Å². The predicted molar refractivity (Wildman–Crippen MR) is 83.4 cm³/mol. The summed E-state index contributed by atoms with van der Waals surface area (Å²) in [6.45, 7) is 1.35. The first-order valence-electron chi connectivity index (χ1n) is 6.55. The molecule has 0 saturated heterocycles. The molecular weight excluding hydrogens is 316 g/mol. The lowest BCUT2D eigenvalue weighted by atomic mass is 9.98. The normalized spacial score (nSPS) is 14.2. The highest BCUT2D eigenvalue weighted by Gasteiger charge is 2.23. The fraction of sp³-hybridized carbons (Fsp3) is 0.188. The molecule has 0 radical (unpaired) electrons. The highest BCUT2D eigenvalue weighted by atomic mass is 79.9. The number of anilines is 1. The molecule has 4 heteroatoms. The number of halogens is 1. The number of nitrogens with zero attached hydrogens (tertiary/aromatic N) is 1. The molecule has 2 aromatic rings. The van der Waals surface area contributed by atoms with Crippen LogP contribution in [0.1, 0.15) is 21.5 Å². The van der Waals surface area contributed by atoms with Crippen LogP contribution in [0.5, 0.6) is 0 Å². The Kier molecular flexibility index (Phi) is 3.49. The topological polar surface area (TPSA) is 46.3 Å². The molecule has 2 aromatic carbocycles. The van der Waals surface area contributed by atoms with Gasteiger partial charge in [0.25, 0.3) is 5.91 Å². The summed E-state index contributed by atoms with van der Waals surface area (Å²) in [5, 5.41) is 0. The number of carbonyl (C=O) groups excluding carboxylic acids is 1. The van der Waals surface area contributed by atoms with Gasteiger partial charge in [0, 0.05) is 28.8 Å². The van der Waals surface area contributed by atoms with Crippen LogP contribution in [0.3, 0.4) is 0 Å². The number of benzene rings is 2. The molecule has 0 aliphatic carbocycles. The minimum absolute atomic E-state index is 0.102. The quantitative estimate of drug-likeness (QED) is 0.859. The van der Waals surface area contributed by atoms with Crippen molar-refractivity contribution in [1.82, 2.24) is 4.90 Å². The highest BCUT2D eigenvalue weighted by Crippen LogP contribution is 2.23. The Hall–Kier alpha value is -1.81. The molecule has 0 spiro atoms. The lowest BCUT2D eigenvalue weighted by Gasteiger charge is -2.28. The van der Waals surface area contributed by atoms with E-state index in [-0.39, 0.29) is 5.91 Å². The molecule has 3 rings (SSSR count). The average molecular weight is 331 g/mol. The molecule has 1 aliphatic rings. The van der Waals surface area contributed by atoms with Crippen LogP contribution in [0.4, 0.5) is 5.69 Å². The lowest BCUT2D eigenvalue weighted by molar-refractivity contribution is 0.0727. The van der Waals surface area contributed by atoms with Gasteiger partial charge in [-0.1, -0.05) is 34.1 Å². The maximum atomic E-state index is 12.5. The second-order valence-corrected chi connectivity index (χ2v) is 5.94. The molecule has 0 fully saturated rings. The Labute approximate surface area is 126 Å². The largest absolute Gasteiger partial charge is 0.399 e. The third-order valence-corrected chi connectivity index (χ3v) is 4.00. The summed E-state index contributed by atoms with van der Waals surface area (Å²) in [5.41, 5.74) is 9.56. The summed E-state index contributed by atoms with van der Waals surface area (Å²) in [4.78, 5) is 14.4. The Bertz CT molecular complexity index is 649. The first kappa shape index (κ1) is 13.2. The van der Waals surface area contributed by atoms with Gasteiger partial charge >= 0.3 is 0 Å². The van der Waals surface area contributed by atoms with Crippen molar-refractivity contribution in [3.8, 4) is 0 Å². The summed E-state index contributed by atoms with van der Waals surface area (Å²) in [6, 6.07) is 13.6. The zero-order valence-corrected chi connectivity index (χ0v) is 12.6. The van der Waals surface area contributed by atoms with E-state index in [1.54, 1.807) is 0 Å². The molecule has 3 nitrogen and oxygen atoms in total. The zero-order chi connectivity index (χ0) is 14.1. The maximum absolute atomic E-state index is 12.5. The smallest absolute Gasteiger partial charge is 0.254 e. The number of amides is 1. The molecule has 1 aliphatic heterocycles. The van der Waals surface area contributed by atoms with Crippen molar-refractivity contribution in [2.24, 2.45) is 0 Å². The number of nitrogen functional groups attached to an aromatic ring is 1. The van der Waals surface area contributed by atoms with Crippen LogP contribution in [0.2, 0.25) is 0 Å². The molecule has 2 N–H and O–H groups in total. The van der Waals surface area contributed by atoms with E-state index in [2.05, 4.69) is 15.9 Å². The number of carbonyl (C=O) groups is 1. The molecule has 20 heavy (non-hydrogen) atoms. The van der Waals surface area contributed by atoms with Crippen molar-refractivity contribution >= 4 is 27.5 Å². The van der Waals surface area contributed by atoms with Crippen LogP contribution in [0.25, 0.3) is 0 Å². The highest BCUT2D eigenvalue weighted by molar-refractivity contribution is 9.10. The average Bonchev–Trinajstić information content (AvgIpc) is 2.41. The lowest BCUT2D eigenvalue weighted by Crippen LogP contribution is -2.36. The number of rotatable bonds is 2. The number of hydrogen-bond acceptors (Lipinski definition) is 2. The summed E-state index contributed by atoms with van der Waals surface area (Å²) >= 11 is 3.44. The van der Waals surface area contributed by atoms with E-state index in [9.17, 15) is 4.79 Å². The SMILES string of the molecule is Nc1cc(Br)cc(CN2CCc3ccccc3C2=O)c1. The van der Waals surface area contributed by atoms with Crippen molar-refractivity contribution in [2.75, 3.05) is 12.3 Å². The van der Waals surface area contributed by atoms with Gasteiger partial charge in [-0.25, -0.2) is 0 Å².